The summed E-state index contributed by atoms with van der Waals surface area (Å²) in [5, 5.41) is 0. The first kappa shape index (κ1) is 15.4. The van der Waals surface area contributed by atoms with Gasteiger partial charge in [0, 0.05) is 17.7 Å². The van der Waals surface area contributed by atoms with E-state index in [9.17, 15) is 4.79 Å². The second-order valence-corrected chi connectivity index (χ2v) is 6.64. The summed E-state index contributed by atoms with van der Waals surface area (Å²) in [6.07, 6.45) is 3.57. The number of aromatic nitrogens is 2. The monoisotopic (exact) mass is 315 g/mol. The fourth-order valence-corrected chi connectivity index (χ4v) is 2.69. The minimum Gasteiger partial charge on any atom is -0.491 e. The molecule has 1 atom stereocenters. The Morgan fingerprint density at radius 3 is 2.96 bits per heavy atom. The molecule has 6 heteroatoms. The number of nitrogens with zero attached hydrogens (tertiary/aromatic N) is 2. The maximum Gasteiger partial charge on any atom is 0.419 e. The Balaban J connectivity index is 1.88. The van der Waals surface area contributed by atoms with Crippen LogP contribution in [0.3, 0.4) is 0 Å². The van der Waals surface area contributed by atoms with Crippen LogP contribution in [0.1, 0.15) is 44.4 Å². The molecule has 0 amide bonds. The van der Waals surface area contributed by atoms with Gasteiger partial charge in [-0.2, -0.15) is 0 Å². The molecular weight excluding hydrogens is 294 g/mol. The molecule has 1 unspecified atom stereocenters. The topological polar surface area (TPSA) is 79.4 Å². The number of carbonyl (C=O) groups excluding carboxylic acids is 1. The largest absolute Gasteiger partial charge is 0.491 e. The number of nitrogen functional groups attached to an aromatic ring is 1. The van der Waals surface area contributed by atoms with Crippen molar-refractivity contribution >= 4 is 11.8 Å². The minimum atomic E-state index is -0.540. The molecule has 0 fully saturated rings. The summed E-state index contributed by atoms with van der Waals surface area (Å²) < 4.78 is 12.4. The second-order valence-electron chi connectivity index (χ2n) is 6.64. The Morgan fingerprint density at radius 2 is 2.22 bits per heavy atom. The van der Waals surface area contributed by atoms with Crippen LogP contribution >= 0.6 is 0 Å². The predicted molar refractivity (Wildman–Crippen MR) is 86.7 cm³/mol. The molecule has 2 N–H and O–H groups in total. The van der Waals surface area contributed by atoms with Gasteiger partial charge in [-0.1, -0.05) is 12.1 Å². The summed E-state index contributed by atoms with van der Waals surface area (Å²) in [6, 6.07) is 5.71. The van der Waals surface area contributed by atoms with Gasteiger partial charge >= 0.3 is 6.09 Å². The number of para-hydroxylation sites is 1. The van der Waals surface area contributed by atoms with E-state index in [2.05, 4.69) is 4.98 Å². The lowest BCUT2D eigenvalue weighted by Crippen LogP contribution is -2.26. The van der Waals surface area contributed by atoms with Crippen LogP contribution in [0.4, 0.5) is 10.5 Å². The first-order valence-corrected chi connectivity index (χ1v) is 7.63. The summed E-state index contributed by atoms with van der Waals surface area (Å²) in [5.41, 5.74) is 7.88. The van der Waals surface area contributed by atoms with E-state index in [1.807, 2.05) is 39.0 Å². The van der Waals surface area contributed by atoms with E-state index in [1.54, 1.807) is 6.20 Å². The van der Waals surface area contributed by atoms with E-state index >= 15 is 0 Å². The van der Waals surface area contributed by atoms with Crippen LogP contribution in [0.5, 0.6) is 5.75 Å². The Bertz CT molecular complexity index is 731. The zero-order valence-corrected chi connectivity index (χ0v) is 13.6. The number of anilines is 1. The van der Waals surface area contributed by atoms with Gasteiger partial charge in [0.15, 0.2) is 0 Å². The van der Waals surface area contributed by atoms with Gasteiger partial charge in [0.05, 0.1) is 18.0 Å². The highest BCUT2D eigenvalue weighted by molar-refractivity contribution is 5.71. The standard InChI is InChI=1S/C17H21N3O3/c1-17(2,3)23-16(21)20-9-14(19-10-20)11-7-8-22-15-12(11)5-4-6-13(15)18/h4-6,9-11H,7-8,18H2,1-3H3. The lowest BCUT2D eigenvalue weighted by atomic mass is 9.90. The summed E-state index contributed by atoms with van der Waals surface area (Å²) in [5.74, 6) is 0.779. The van der Waals surface area contributed by atoms with Gasteiger partial charge in [-0.25, -0.2) is 14.3 Å². The Morgan fingerprint density at radius 1 is 1.43 bits per heavy atom. The molecule has 6 nitrogen and oxygen atoms in total. The lowest BCUT2D eigenvalue weighted by Gasteiger charge is -2.25. The number of rotatable bonds is 1. The third-order valence-electron chi connectivity index (χ3n) is 3.67. The summed E-state index contributed by atoms with van der Waals surface area (Å²) in [4.78, 5) is 16.5. The number of nitrogens with two attached hydrogens (primary N) is 1. The Labute approximate surface area is 135 Å². The van der Waals surface area contributed by atoms with Gasteiger partial charge in [-0.3, -0.25) is 0 Å². The van der Waals surface area contributed by atoms with Crippen LogP contribution in [0.15, 0.2) is 30.7 Å². The van der Waals surface area contributed by atoms with E-state index in [0.29, 0.717) is 12.3 Å². The molecule has 1 aromatic carbocycles. The molecule has 23 heavy (non-hydrogen) atoms. The second kappa shape index (κ2) is 5.61. The average Bonchev–Trinajstić information content (AvgIpc) is 2.95. The maximum atomic E-state index is 12.1. The third-order valence-corrected chi connectivity index (χ3v) is 3.67. The summed E-state index contributed by atoms with van der Waals surface area (Å²) in [7, 11) is 0. The molecule has 0 radical (unpaired) electrons. The summed E-state index contributed by atoms with van der Waals surface area (Å²) in [6.45, 7) is 6.08. The zero-order valence-electron chi connectivity index (χ0n) is 13.6. The molecule has 0 bridgehead atoms. The van der Waals surface area contributed by atoms with Crippen molar-refractivity contribution < 1.29 is 14.3 Å². The van der Waals surface area contributed by atoms with E-state index < -0.39 is 11.7 Å². The van der Waals surface area contributed by atoms with Gasteiger partial charge in [0.25, 0.3) is 0 Å². The molecular formula is C17H21N3O3. The Hall–Kier alpha value is -2.50. The smallest absolute Gasteiger partial charge is 0.419 e. The van der Waals surface area contributed by atoms with E-state index in [0.717, 1.165) is 23.4 Å². The molecule has 1 aliphatic heterocycles. The fraction of sp³-hybridized carbons (Fsp3) is 0.412. The maximum absolute atomic E-state index is 12.1. The van der Waals surface area contributed by atoms with Gasteiger partial charge in [-0.15, -0.1) is 0 Å². The average molecular weight is 315 g/mol. The molecule has 0 saturated heterocycles. The van der Waals surface area contributed by atoms with Crippen molar-refractivity contribution in [1.29, 1.82) is 0 Å². The number of hydrogen-bond donors (Lipinski definition) is 1. The SMILES string of the molecule is CC(C)(C)OC(=O)n1cnc(C2CCOc3c(N)cccc32)c1. The highest BCUT2D eigenvalue weighted by Crippen LogP contribution is 2.40. The Kier molecular flexibility index (Phi) is 3.75. The van der Waals surface area contributed by atoms with Crippen molar-refractivity contribution in [3.63, 3.8) is 0 Å². The van der Waals surface area contributed by atoms with Crippen LogP contribution in [0, 0.1) is 0 Å². The quantitative estimate of drug-likeness (QED) is 0.818. The number of ether oxygens (including phenoxy) is 2. The highest BCUT2D eigenvalue weighted by atomic mass is 16.6. The van der Waals surface area contributed by atoms with Gasteiger partial charge in [0.2, 0.25) is 0 Å². The van der Waals surface area contributed by atoms with Crippen LogP contribution in [0.25, 0.3) is 0 Å². The molecule has 1 aromatic heterocycles. The molecule has 122 valence electrons. The first-order valence-electron chi connectivity index (χ1n) is 7.63. The first-order chi connectivity index (χ1) is 10.8. The van der Waals surface area contributed by atoms with E-state index in [4.69, 9.17) is 15.2 Å². The molecule has 3 rings (SSSR count). The van der Waals surface area contributed by atoms with Crippen molar-refractivity contribution in [2.24, 2.45) is 0 Å². The van der Waals surface area contributed by atoms with Gasteiger partial charge in [-0.05, 0) is 33.3 Å². The predicted octanol–water partition coefficient (Wildman–Crippen LogP) is 3.16. The fourth-order valence-electron chi connectivity index (χ4n) is 2.69. The van der Waals surface area contributed by atoms with Crippen molar-refractivity contribution in [1.82, 2.24) is 9.55 Å². The van der Waals surface area contributed by atoms with Crippen LogP contribution in [0.2, 0.25) is 0 Å². The number of benzene rings is 1. The van der Waals surface area contributed by atoms with Gasteiger partial charge < -0.3 is 15.2 Å². The highest BCUT2D eigenvalue weighted by Gasteiger charge is 2.27. The third kappa shape index (κ3) is 3.16. The minimum absolute atomic E-state index is 0.0611. The van der Waals surface area contributed by atoms with Crippen molar-refractivity contribution in [3.8, 4) is 5.75 Å². The van der Waals surface area contributed by atoms with Crippen molar-refractivity contribution in [2.45, 2.75) is 38.7 Å². The van der Waals surface area contributed by atoms with Crippen LogP contribution in [-0.2, 0) is 4.74 Å². The normalized spacial score (nSPS) is 17.3. The summed E-state index contributed by atoms with van der Waals surface area (Å²) >= 11 is 0. The van der Waals surface area contributed by atoms with Crippen LogP contribution < -0.4 is 10.5 Å². The van der Waals surface area contributed by atoms with E-state index in [1.165, 1.54) is 10.9 Å². The molecule has 2 heterocycles. The molecule has 2 aromatic rings. The number of imidazole rings is 1. The molecule has 0 spiro atoms. The molecule has 0 aliphatic carbocycles. The number of fused-ring (bicyclic) bond motifs is 1. The molecule has 1 aliphatic rings. The van der Waals surface area contributed by atoms with Crippen molar-refractivity contribution in [3.05, 3.63) is 42.0 Å². The molecule has 0 saturated carbocycles. The van der Waals surface area contributed by atoms with Crippen LogP contribution in [-0.4, -0.2) is 27.9 Å². The van der Waals surface area contributed by atoms with Gasteiger partial charge in [0.1, 0.15) is 17.7 Å². The number of hydrogen-bond acceptors (Lipinski definition) is 5. The zero-order chi connectivity index (χ0) is 16.6. The van der Waals surface area contributed by atoms with E-state index in [-0.39, 0.29) is 5.92 Å². The number of carbonyl (C=O) groups is 1. The lowest BCUT2D eigenvalue weighted by molar-refractivity contribution is 0.0536. The van der Waals surface area contributed by atoms with Crippen molar-refractivity contribution in [2.75, 3.05) is 12.3 Å².